The molecule has 0 amide bonds. The second-order valence-electron chi connectivity index (χ2n) is 7.56. The lowest BCUT2D eigenvalue weighted by atomic mass is 10.1. The Morgan fingerprint density at radius 3 is 1.40 bits per heavy atom. The molecular weight excluding hydrogens is 342 g/mol. The first-order valence-electron chi connectivity index (χ1n) is 9.88. The SMILES string of the molecule is CCCCCCCCCCCC[N+](C)(CC(O)CO)CC(O)CO.[Cl-]. The third-order valence-electron chi connectivity index (χ3n) is 4.78. The van der Waals surface area contributed by atoms with Crippen LogP contribution in [0.2, 0.25) is 0 Å². The number of aliphatic hydroxyl groups is 4. The van der Waals surface area contributed by atoms with Crippen LogP contribution in [0.4, 0.5) is 0 Å². The minimum atomic E-state index is -0.774. The Balaban J connectivity index is 0. The molecular formula is C19H42ClNO4. The van der Waals surface area contributed by atoms with E-state index in [0.29, 0.717) is 17.6 Å². The van der Waals surface area contributed by atoms with E-state index in [-0.39, 0.29) is 25.6 Å². The summed E-state index contributed by atoms with van der Waals surface area (Å²) in [6.07, 6.45) is 11.2. The molecule has 0 aromatic rings. The number of unbranched alkanes of at least 4 members (excludes halogenated alkanes) is 9. The maximum atomic E-state index is 9.73. The summed E-state index contributed by atoms with van der Waals surface area (Å²) in [4.78, 5) is 0. The quantitative estimate of drug-likeness (QED) is 0.193. The second kappa shape index (κ2) is 17.5. The highest BCUT2D eigenvalue weighted by Gasteiger charge is 2.27. The highest BCUT2D eigenvalue weighted by molar-refractivity contribution is 4.58. The van der Waals surface area contributed by atoms with Crippen molar-refractivity contribution in [2.45, 2.75) is 83.3 Å². The Bertz CT molecular complexity index is 270. The zero-order valence-corrected chi connectivity index (χ0v) is 17.1. The van der Waals surface area contributed by atoms with Crippen LogP contribution in [0.1, 0.15) is 71.1 Å². The fraction of sp³-hybridized carbons (Fsp3) is 1.00. The monoisotopic (exact) mass is 383 g/mol. The average Bonchev–Trinajstić information content (AvgIpc) is 2.56. The van der Waals surface area contributed by atoms with Crippen LogP contribution < -0.4 is 12.4 Å². The molecule has 0 aliphatic heterocycles. The normalized spacial score (nSPS) is 16.1. The van der Waals surface area contributed by atoms with E-state index in [2.05, 4.69) is 6.92 Å². The maximum absolute atomic E-state index is 9.73. The second-order valence-corrected chi connectivity index (χ2v) is 7.56. The molecule has 5 nitrogen and oxygen atoms in total. The van der Waals surface area contributed by atoms with Crippen molar-refractivity contribution in [1.82, 2.24) is 0 Å². The lowest BCUT2D eigenvalue weighted by Crippen LogP contribution is -3.00. The highest BCUT2D eigenvalue weighted by Crippen LogP contribution is 2.13. The summed E-state index contributed by atoms with van der Waals surface area (Å²) in [6, 6.07) is 0. The van der Waals surface area contributed by atoms with E-state index < -0.39 is 12.2 Å². The average molecular weight is 384 g/mol. The molecule has 4 N–H and O–H groups in total. The van der Waals surface area contributed by atoms with E-state index in [1.165, 1.54) is 51.4 Å². The zero-order valence-electron chi connectivity index (χ0n) is 16.4. The van der Waals surface area contributed by atoms with Crippen LogP contribution >= 0.6 is 0 Å². The van der Waals surface area contributed by atoms with Crippen molar-refractivity contribution in [3.8, 4) is 0 Å². The van der Waals surface area contributed by atoms with Gasteiger partial charge in [0.05, 0.1) is 26.8 Å². The minimum absolute atomic E-state index is 0. The molecule has 154 valence electrons. The molecule has 0 spiro atoms. The van der Waals surface area contributed by atoms with Gasteiger partial charge in [0.15, 0.2) is 0 Å². The largest absolute Gasteiger partial charge is 1.00 e. The number of nitrogens with zero attached hydrogens (tertiary/aromatic N) is 1. The van der Waals surface area contributed by atoms with Gasteiger partial charge in [-0.25, -0.2) is 0 Å². The molecule has 0 saturated heterocycles. The maximum Gasteiger partial charge on any atom is 0.126 e. The van der Waals surface area contributed by atoms with Crippen LogP contribution in [-0.4, -0.2) is 77.0 Å². The Hall–Kier alpha value is 0.0900. The number of quaternary nitrogens is 1. The van der Waals surface area contributed by atoms with Gasteiger partial charge in [0.2, 0.25) is 0 Å². The molecule has 0 rings (SSSR count). The van der Waals surface area contributed by atoms with E-state index >= 15 is 0 Å². The van der Waals surface area contributed by atoms with E-state index in [1.807, 2.05) is 7.05 Å². The first-order valence-corrected chi connectivity index (χ1v) is 9.88. The number of halogens is 1. The summed E-state index contributed by atoms with van der Waals surface area (Å²) in [6.45, 7) is 3.38. The molecule has 0 aromatic carbocycles. The summed E-state index contributed by atoms with van der Waals surface area (Å²) in [5, 5.41) is 37.6. The van der Waals surface area contributed by atoms with Crippen molar-refractivity contribution >= 4 is 0 Å². The smallest absolute Gasteiger partial charge is 0.126 e. The van der Waals surface area contributed by atoms with Gasteiger partial charge in [-0.1, -0.05) is 58.3 Å². The summed E-state index contributed by atoms with van der Waals surface area (Å²) < 4.78 is 0.487. The molecule has 0 radical (unpaired) electrons. The Morgan fingerprint density at radius 2 is 1.04 bits per heavy atom. The first-order chi connectivity index (χ1) is 11.5. The van der Waals surface area contributed by atoms with Crippen molar-refractivity contribution < 1.29 is 37.3 Å². The van der Waals surface area contributed by atoms with Gasteiger partial charge >= 0.3 is 0 Å². The predicted molar refractivity (Wildman–Crippen MR) is 98.8 cm³/mol. The van der Waals surface area contributed by atoms with E-state index in [1.54, 1.807) is 0 Å². The molecule has 0 fully saturated rings. The number of hydrogen-bond donors (Lipinski definition) is 4. The minimum Gasteiger partial charge on any atom is -1.00 e. The van der Waals surface area contributed by atoms with Gasteiger partial charge in [0.1, 0.15) is 25.3 Å². The Labute approximate surface area is 161 Å². The number of hydrogen-bond acceptors (Lipinski definition) is 4. The van der Waals surface area contributed by atoms with Gasteiger partial charge in [-0.15, -0.1) is 0 Å². The number of likely N-dealkylation sites (N-methyl/N-ethyl adjacent to an activating group) is 1. The van der Waals surface area contributed by atoms with Gasteiger partial charge in [0, 0.05) is 0 Å². The third kappa shape index (κ3) is 16.0. The van der Waals surface area contributed by atoms with Crippen molar-refractivity contribution in [1.29, 1.82) is 0 Å². The molecule has 2 unspecified atom stereocenters. The summed E-state index contributed by atoms with van der Waals surface area (Å²) in [5.41, 5.74) is 0. The molecule has 0 heterocycles. The van der Waals surface area contributed by atoms with Crippen molar-refractivity contribution in [3.05, 3.63) is 0 Å². The van der Waals surface area contributed by atoms with Crippen molar-refractivity contribution in [3.63, 3.8) is 0 Å². The standard InChI is InChI=1S/C19H42NO4.ClH/c1-3-4-5-6-7-8-9-10-11-12-13-20(2,14-18(23)16-21)15-19(24)17-22;/h18-19,21-24H,3-17H2,1-2H3;1H/q+1;/p-1. The van der Waals surface area contributed by atoms with E-state index in [0.717, 1.165) is 19.4 Å². The summed E-state index contributed by atoms with van der Waals surface area (Å²) in [7, 11) is 1.98. The molecule has 0 aliphatic rings. The number of aliphatic hydroxyl groups excluding tert-OH is 4. The van der Waals surface area contributed by atoms with Gasteiger partial charge in [-0.05, 0) is 12.8 Å². The van der Waals surface area contributed by atoms with Crippen LogP contribution in [0, 0.1) is 0 Å². The van der Waals surface area contributed by atoms with Gasteiger partial charge < -0.3 is 37.3 Å². The highest BCUT2D eigenvalue weighted by atomic mass is 35.5. The van der Waals surface area contributed by atoms with Crippen molar-refractivity contribution in [2.24, 2.45) is 0 Å². The predicted octanol–water partition coefficient (Wildman–Crippen LogP) is -0.936. The molecule has 0 bridgehead atoms. The third-order valence-corrected chi connectivity index (χ3v) is 4.78. The molecule has 6 heteroatoms. The Morgan fingerprint density at radius 1 is 0.680 bits per heavy atom. The van der Waals surface area contributed by atoms with Crippen LogP contribution in [0.15, 0.2) is 0 Å². The number of rotatable bonds is 17. The van der Waals surface area contributed by atoms with Crippen LogP contribution in [0.25, 0.3) is 0 Å². The van der Waals surface area contributed by atoms with E-state index in [4.69, 9.17) is 10.2 Å². The van der Waals surface area contributed by atoms with Gasteiger partial charge in [-0.3, -0.25) is 0 Å². The molecule has 2 atom stereocenters. The molecule has 0 saturated carbocycles. The lowest BCUT2D eigenvalue weighted by molar-refractivity contribution is -0.915. The van der Waals surface area contributed by atoms with Crippen LogP contribution in [0.5, 0.6) is 0 Å². The molecule has 25 heavy (non-hydrogen) atoms. The van der Waals surface area contributed by atoms with Gasteiger partial charge in [0.25, 0.3) is 0 Å². The summed E-state index contributed by atoms with van der Waals surface area (Å²) >= 11 is 0. The fourth-order valence-corrected chi connectivity index (χ4v) is 3.37. The van der Waals surface area contributed by atoms with Crippen molar-refractivity contribution in [2.75, 3.05) is 39.9 Å². The fourth-order valence-electron chi connectivity index (χ4n) is 3.37. The first kappa shape index (κ1) is 27.3. The Kier molecular flexibility index (Phi) is 19.1. The molecule has 0 aromatic heterocycles. The van der Waals surface area contributed by atoms with Gasteiger partial charge in [-0.2, -0.15) is 0 Å². The summed E-state index contributed by atoms with van der Waals surface area (Å²) in [5.74, 6) is 0. The van der Waals surface area contributed by atoms with E-state index in [9.17, 15) is 10.2 Å². The lowest BCUT2D eigenvalue weighted by Gasteiger charge is -2.37. The zero-order chi connectivity index (χ0) is 18.3. The molecule has 0 aliphatic carbocycles. The van der Waals surface area contributed by atoms with Crippen LogP contribution in [-0.2, 0) is 0 Å². The topological polar surface area (TPSA) is 80.9 Å². The van der Waals surface area contributed by atoms with Crippen LogP contribution in [0.3, 0.4) is 0 Å².